The monoisotopic (exact) mass is 442 g/mol. The molecule has 0 aromatic heterocycles. The van der Waals surface area contributed by atoms with Crippen LogP contribution in [0.25, 0.3) is 0 Å². The van der Waals surface area contributed by atoms with E-state index in [1.54, 1.807) is 0 Å². The van der Waals surface area contributed by atoms with Gasteiger partial charge in [0.1, 0.15) is 5.41 Å². The summed E-state index contributed by atoms with van der Waals surface area (Å²) in [5.41, 5.74) is 11.1. The number of primary amides is 1. The van der Waals surface area contributed by atoms with Gasteiger partial charge in [0.05, 0.1) is 0 Å². The number of nitrogens with zero attached hydrogens (tertiary/aromatic N) is 1. The van der Waals surface area contributed by atoms with Gasteiger partial charge in [-0.05, 0) is 66.5 Å². The molecule has 1 unspecified atom stereocenters. The van der Waals surface area contributed by atoms with Crippen LogP contribution in [0.3, 0.4) is 0 Å². The fourth-order valence-electron chi connectivity index (χ4n) is 5.47. The number of carbonyl (C=O) groups excluding carboxylic acids is 1. The van der Waals surface area contributed by atoms with Crippen molar-refractivity contribution >= 4 is 5.91 Å². The van der Waals surface area contributed by atoms with E-state index < -0.39 is 5.41 Å². The van der Waals surface area contributed by atoms with Gasteiger partial charge in [0.25, 0.3) is 0 Å². The lowest BCUT2D eigenvalue weighted by Gasteiger charge is -2.37. The smallest absolute Gasteiger partial charge is 0.232 e. The summed E-state index contributed by atoms with van der Waals surface area (Å²) < 4.78 is 0. The van der Waals surface area contributed by atoms with Crippen molar-refractivity contribution < 1.29 is 9.90 Å². The van der Waals surface area contributed by atoms with Crippen LogP contribution in [-0.2, 0) is 23.1 Å². The topological polar surface area (TPSA) is 66.6 Å². The molecule has 1 amide bonds. The molecule has 1 atom stereocenters. The summed E-state index contributed by atoms with van der Waals surface area (Å²) in [6.07, 6.45) is 2.57. The van der Waals surface area contributed by atoms with Crippen LogP contribution >= 0.6 is 0 Å². The third-order valence-electron chi connectivity index (χ3n) is 7.24. The first-order valence-corrected chi connectivity index (χ1v) is 11.9. The van der Waals surface area contributed by atoms with Gasteiger partial charge in [0.2, 0.25) is 5.91 Å². The van der Waals surface area contributed by atoms with Gasteiger partial charge in [-0.25, -0.2) is 0 Å². The minimum absolute atomic E-state index is 0.114. The molecular weight excluding hydrogens is 408 g/mol. The minimum Gasteiger partial charge on any atom is -0.396 e. The number of nitrogens with two attached hydrogens (primary N) is 1. The maximum atomic E-state index is 13.2. The first-order valence-electron chi connectivity index (χ1n) is 11.9. The van der Waals surface area contributed by atoms with Crippen LogP contribution in [0, 0.1) is 12.8 Å². The first-order chi connectivity index (χ1) is 16.1. The highest BCUT2D eigenvalue weighted by atomic mass is 16.3. The van der Waals surface area contributed by atoms with Crippen LogP contribution in [0.15, 0.2) is 78.9 Å². The SMILES string of the molecule is Cc1ccc(CCN2CCC(C(C(N)=O)(c3ccccc3)c3ccccc3)C2)cc1CCO. The molecule has 0 aliphatic carbocycles. The quantitative estimate of drug-likeness (QED) is 0.529. The van der Waals surface area contributed by atoms with Crippen molar-refractivity contribution in [3.8, 4) is 0 Å². The number of hydrogen-bond acceptors (Lipinski definition) is 3. The van der Waals surface area contributed by atoms with E-state index in [1.807, 2.05) is 60.7 Å². The molecule has 1 heterocycles. The van der Waals surface area contributed by atoms with Crippen molar-refractivity contribution in [3.63, 3.8) is 0 Å². The summed E-state index contributed by atoms with van der Waals surface area (Å²) in [5, 5.41) is 9.33. The highest BCUT2D eigenvalue weighted by Crippen LogP contribution is 2.43. The lowest BCUT2D eigenvalue weighted by atomic mass is 9.64. The number of aryl methyl sites for hydroxylation is 1. The van der Waals surface area contributed by atoms with Gasteiger partial charge >= 0.3 is 0 Å². The molecular formula is C29H34N2O2. The van der Waals surface area contributed by atoms with E-state index in [1.165, 1.54) is 16.7 Å². The van der Waals surface area contributed by atoms with Gasteiger partial charge in [-0.3, -0.25) is 4.79 Å². The Hall–Kier alpha value is -2.95. The van der Waals surface area contributed by atoms with E-state index in [0.29, 0.717) is 6.42 Å². The molecule has 1 aliphatic heterocycles. The van der Waals surface area contributed by atoms with E-state index in [-0.39, 0.29) is 18.4 Å². The molecule has 1 fully saturated rings. The Morgan fingerprint density at radius 1 is 1.00 bits per heavy atom. The second-order valence-corrected chi connectivity index (χ2v) is 9.17. The number of hydrogen-bond donors (Lipinski definition) is 2. The zero-order valence-corrected chi connectivity index (χ0v) is 19.4. The van der Waals surface area contributed by atoms with E-state index in [2.05, 4.69) is 30.0 Å². The highest BCUT2D eigenvalue weighted by Gasteiger charge is 2.49. The Balaban J connectivity index is 1.56. The average Bonchev–Trinajstić information content (AvgIpc) is 3.30. The van der Waals surface area contributed by atoms with Crippen LogP contribution in [0.5, 0.6) is 0 Å². The molecule has 4 nitrogen and oxygen atoms in total. The summed E-state index contributed by atoms with van der Waals surface area (Å²) in [6, 6.07) is 26.6. The number of likely N-dealkylation sites (tertiary alicyclic amines) is 1. The van der Waals surface area contributed by atoms with Gasteiger partial charge in [-0.1, -0.05) is 78.9 Å². The minimum atomic E-state index is -0.838. The standard InChI is InChI=1S/C29H34N2O2/c1-22-12-13-23(20-24(22)16-19-32)14-17-31-18-15-27(21-31)29(28(30)33,25-8-4-2-5-9-25)26-10-6-3-7-11-26/h2-13,20,27,32H,14-19,21H2,1H3,(H2,30,33). The number of aliphatic hydroxyl groups is 1. The van der Waals surface area contributed by atoms with Crippen LogP contribution in [0.2, 0.25) is 0 Å². The van der Waals surface area contributed by atoms with Crippen LogP contribution in [0.1, 0.15) is 34.2 Å². The molecule has 172 valence electrons. The van der Waals surface area contributed by atoms with Gasteiger partial charge in [-0.2, -0.15) is 0 Å². The summed E-state index contributed by atoms with van der Waals surface area (Å²) in [6.45, 7) is 5.00. The number of rotatable bonds is 9. The fourth-order valence-corrected chi connectivity index (χ4v) is 5.47. The van der Waals surface area contributed by atoms with Crippen LogP contribution < -0.4 is 5.73 Å². The molecule has 0 spiro atoms. The van der Waals surface area contributed by atoms with E-state index >= 15 is 0 Å². The van der Waals surface area contributed by atoms with E-state index in [4.69, 9.17) is 5.73 Å². The normalized spacial score (nSPS) is 16.7. The van der Waals surface area contributed by atoms with Gasteiger partial charge in [-0.15, -0.1) is 0 Å². The lowest BCUT2D eigenvalue weighted by Crippen LogP contribution is -2.49. The fraction of sp³-hybridized carbons (Fsp3) is 0.345. The summed E-state index contributed by atoms with van der Waals surface area (Å²) >= 11 is 0. The first kappa shape index (κ1) is 23.2. The summed E-state index contributed by atoms with van der Waals surface area (Å²) in [7, 11) is 0. The second-order valence-electron chi connectivity index (χ2n) is 9.17. The second kappa shape index (κ2) is 10.3. The Kier molecular flexibility index (Phi) is 7.26. The lowest BCUT2D eigenvalue weighted by molar-refractivity contribution is -0.123. The van der Waals surface area contributed by atoms with Gasteiger partial charge < -0.3 is 15.7 Å². The molecule has 4 heteroatoms. The van der Waals surface area contributed by atoms with Crippen LogP contribution in [0.4, 0.5) is 0 Å². The molecule has 3 aromatic carbocycles. The zero-order valence-electron chi connectivity index (χ0n) is 19.4. The molecule has 0 bridgehead atoms. The largest absolute Gasteiger partial charge is 0.396 e. The maximum Gasteiger partial charge on any atom is 0.232 e. The number of carbonyl (C=O) groups is 1. The predicted molar refractivity (Wildman–Crippen MR) is 133 cm³/mol. The van der Waals surface area contributed by atoms with Crippen LogP contribution in [-0.4, -0.2) is 42.2 Å². The van der Waals surface area contributed by atoms with Crippen molar-refractivity contribution in [1.82, 2.24) is 4.90 Å². The Labute approximate surface area is 197 Å². The number of amides is 1. The molecule has 1 aliphatic rings. The van der Waals surface area contributed by atoms with Crippen molar-refractivity contribution in [2.45, 2.75) is 31.6 Å². The third kappa shape index (κ3) is 4.73. The molecule has 4 rings (SSSR count). The third-order valence-corrected chi connectivity index (χ3v) is 7.24. The van der Waals surface area contributed by atoms with Crippen molar-refractivity contribution in [1.29, 1.82) is 0 Å². The Bertz CT molecular complexity index is 1030. The van der Waals surface area contributed by atoms with E-state index in [0.717, 1.165) is 43.6 Å². The van der Waals surface area contributed by atoms with Crippen molar-refractivity contribution in [2.75, 3.05) is 26.2 Å². The van der Waals surface area contributed by atoms with Crippen molar-refractivity contribution in [2.24, 2.45) is 11.7 Å². The Morgan fingerprint density at radius 3 is 2.21 bits per heavy atom. The van der Waals surface area contributed by atoms with Crippen molar-refractivity contribution in [3.05, 3.63) is 107 Å². The van der Waals surface area contributed by atoms with E-state index in [9.17, 15) is 9.90 Å². The van der Waals surface area contributed by atoms with Gasteiger partial charge in [0.15, 0.2) is 0 Å². The molecule has 0 radical (unpaired) electrons. The number of aliphatic hydroxyl groups excluding tert-OH is 1. The molecule has 0 saturated carbocycles. The molecule has 3 N–H and O–H groups in total. The maximum absolute atomic E-state index is 13.2. The molecule has 3 aromatic rings. The predicted octanol–water partition coefficient (Wildman–Crippen LogP) is 3.87. The van der Waals surface area contributed by atoms with Gasteiger partial charge in [0, 0.05) is 19.7 Å². The summed E-state index contributed by atoms with van der Waals surface area (Å²) in [4.78, 5) is 15.7. The number of benzene rings is 3. The zero-order chi connectivity index (χ0) is 23.3. The Morgan fingerprint density at radius 2 is 1.64 bits per heavy atom. The molecule has 1 saturated heterocycles. The highest BCUT2D eigenvalue weighted by molar-refractivity contribution is 5.91. The average molecular weight is 443 g/mol. The molecule has 33 heavy (non-hydrogen) atoms. The summed E-state index contributed by atoms with van der Waals surface area (Å²) in [5.74, 6) is -0.165.